The zero-order valence-corrected chi connectivity index (χ0v) is 21.7. The summed E-state index contributed by atoms with van der Waals surface area (Å²) >= 11 is 0. The van der Waals surface area contributed by atoms with E-state index in [-0.39, 0.29) is 5.41 Å². The largest absolute Gasteiger partial charge is 0.478 e. The smallest absolute Gasteiger partial charge is 0.330 e. The van der Waals surface area contributed by atoms with Crippen LogP contribution < -0.4 is 0 Å². The number of carboxylic acids is 1. The van der Waals surface area contributed by atoms with Crippen molar-refractivity contribution in [3.63, 3.8) is 0 Å². The summed E-state index contributed by atoms with van der Waals surface area (Å²) in [4.78, 5) is 11.1. The molecule has 4 aliphatic rings. The van der Waals surface area contributed by atoms with Crippen LogP contribution in [0.4, 0.5) is 0 Å². The standard InChI is InChI=1S/C30H46O2/c1-20(10-8-11-21(2)26(31)32)22-14-18-30(7)24-12-13-25-27(3,4)16-9-17-28(25,5)23(24)15-19-29(22,30)6/h11-12,15,20,22,25H,8-10,13-14,16-19H2,1-7H3,(H,31,32)/t20-,22-,25?,28-,29-,30+/m1/s1. The molecule has 0 spiro atoms. The first-order valence-corrected chi connectivity index (χ1v) is 13.2. The summed E-state index contributed by atoms with van der Waals surface area (Å²) in [5, 5.41) is 9.15. The molecule has 0 saturated heterocycles. The summed E-state index contributed by atoms with van der Waals surface area (Å²) in [7, 11) is 0. The van der Waals surface area contributed by atoms with E-state index in [2.05, 4.69) is 53.7 Å². The minimum Gasteiger partial charge on any atom is -0.478 e. The second-order valence-corrected chi connectivity index (χ2v) is 13.1. The number of carbonyl (C=O) groups is 1. The summed E-state index contributed by atoms with van der Waals surface area (Å²) in [5.41, 5.74) is 5.27. The van der Waals surface area contributed by atoms with E-state index in [1.54, 1.807) is 18.1 Å². The number of rotatable bonds is 5. The van der Waals surface area contributed by atoms with Gasteiger partial charge in [-0.1, -0.05) is 66.2 Å². The molecular formula is C30H46O2. The topological polar surface area (TPSA) is 37.3 Å². The number of fused-ring (bicyclic) bond motifs is 5. The van der Waals surface area contributed by atoms with Crippen molar-refractivity contribution >= 4 is 5.97 Å². The van der Waals surface area contributed by atoms with Crippen molar-refractivity contribution in [2.75, 3.05) is 0 Å². The van der Waals surface area contributed by atoms with E-state index in [4.69, 9.17) is 5.11 Å². The van der Waals surface area contributed by atoms with Crippen LogP contribution in [0.15, 0.2) is 34.9 Å². The van der Waals surface area contributed by atoms with E-state index in [0.717, 1.165) is 18.8 Å². The lowest BCUT2D eigenvalue weighted by molar-refractivity contribution is -0.132. The van der Waals surface area contributed by atoms with Crippen LogP contribution in [0.3, 0.4) is 0 Å². The Kier molecular flexibility index (Phi) is 5.87. The van der Waals surface area contributed by atoms with Gasteiger partial charge in [-0.3, -0.25) is 0 Å². The highest BCUT2D eigenvalue weighted by atomic mass is 16.4. The van der Waals surface area contributed by atoms with Crippen LogP contribution in [0.25, 0.3) is 0 Å². The Hall–Kier alpha value is -1.31. The van der Waals surface area contributed by atoms with Gasteiger partial charge in [0.1, 0.15) is 0 Å². The monoisotopic (exact) mass is 438 g/mol. The normalized spacial score (nSPS) is 41.7. The van der Waals surface area contributed by atoms with Gasteiger partial charge in [-0.25, -0.2) is 4.79 Å². The molecule has 32 heavy (non-hydrogen) atoms. The molecule has 6 atom stereocenters. The molecule has 0 radical (unpaired) electrons. The predicted molar refractivity (Wildman–Crippen MR) is 133 cm³/mol. The van der Waals surface area contributed by atoms with E-state index in [9.17, 15) is 4.79 Å². The molecule has 0 aliphatic heterocycles. The van der Waals surface area contributed by atoms with Crippen molar-refractivity contribution in [2.24, 2.45) is 39.4 Å². The van der Waals surface area contributed by atoms with E-state index in [0.29, 0.717) is 33.7 Å². The molecular weight excluding hydrogens is 392 g/mol. The third kappa shape index (κ3) is 3.38. The second kappa shape index (κ2) is 7.88. The van der Waals surface area contributed by atoms with Gasteiger partial charge in [0.05, 0.1) is 0 Å². The molecule has 2 nitrogen and oxygen atoms in total. The number of allylic oxidation sites excluding steroid dienone is 5. The highest BCUT2D eigenvalue weighted by Gasteiger charge is 2.62. The number of hydrogen-bond acceptors (Lipinski definition) is 1. The van der Waals surface area contributed by atoms with Crippen LogP contribution in [-0.4, -0.2) is 11.1 Å². The second-order valence-electron chi connectivity index (χ2n) is 13.1. The van der Waals surface area contributed by atoms with Gasteiger partial charge in [0.25, 0.3) is 0 Å². The fourth-order valence-electron chi connectivity index (χ4n) is 8.90. The Morgan fingerprint density at radius 1 is 1.12 bits per heavy atom. The van der Waals surface area contributed by atoms with Crippen LogP contribution in [0.1, 0.15) is 106 Å². The maximum atomic E-state index is 11.1. The molecule has 0 heterocycles. The first-order valence-electron chi connectivity index (χ1n) is 13.2. The van der Waals surface area contributed by atoms with Crippen molar-refractivity contribution in [2.45, 2.75) is 106 Å². The van der Waals surface area contributed by atoms with Crippen LogP contribution in [0.2, 0.25) is 0 Å². The Labute approximate surface area is 196 Å². The molecule has 2 saturated carbocycles. The molecule has 0 aromatic heterocycles. The Bertz CT molecular complexity index is 873. The van der Waals surface area contributed by atoms with Crippen molar-refractivity contribution in [1.29, 1.82) is 0 Å². The molecule has 0 aromatic carbocycles. The molecule has 1 N–H and O–H groups in total. The Morgan fingerprint density at radius 3 is 2.53 bits per heavy atom. The Balaban J connectivity index is 1.60. The average molecular weight is 439 g/mol. The van der Waals surface area contributed by atoms with Gasteiger partial charge in [0, 0.05) is 5.57 Å². The number of aliphatic carboxylic acids is 1. The van der Waals surface area contributed by atoms with Gasteiger partial charge < -0.3 is 5.11 Å². The molecule has 1 unspecified atom stereocenters. The third-order valence-electron chi connectivity index (χ3n) is 11.1. The van der Waals surface area contributed by atoms with Crippen molar-refractivity contribution in [1.82, 2.24) is 0 Å². The summed E-state index contributed by atoms with van der Waals surface area (Å²) < 4.78 is 0. The SMILES string of the molecule is CC(=CCC[C@@H](C)[C@H]1CC[C@@]2(C)C3=CCC4C(C)(C)CCC[C@]4(C)C3=CC[C@]12C)C(=O)O. The molecule has 0 amide bonds. The van der Waals surface area contributed by atoms with Gasteiger partial charge in [0.15, 0.2) is 0 Å². The Morgan fingerprint density at radius 2 is 1.84 bits per heavy atom. The quantitative estimate of drug-likeness (QED) is 0.438. The average Bonchev–Trinajstić information content (AvgIpc) is 2.98. The van der Waals surface area contributed by atoms with Crippen LogP contribution in [0, 0.1) is 39.4 Å². The molecule has 4 rings (SSSR count). The summed E-state index contributed by atoms with van der Waals surface area (Å²) in [6, 6.07) is 0. The van der Waals surface area contributed by atoms with Crippen LogP contribution >= 0.6 is 0 Å². The molecule has 4 aliphatic carbocycles. The summed E-state index contributed by atoms with van der Waals surface area (Å²) in [6.07, 6.45) is 18.4. The van der Waals surface area contributed by atoms with Crippen LogP contribution in [-0.2, 0) is 4.79 Å². The van der Waals surface area contributed by atoms with E-state index in [1.807, 2.05) is 6.08 Å². The number of hydrogen-bond donors (Lipinski definition) is 1. The lowest BCUT2D eigenvalue weighted by atomic mass is 9.44. The molecule has 178 valence electrons. The lowest BCUT2D eigenvalue weighted by Gasteiger charge is -2.60. The molecule has 0 aromatic rings. The minimum atomic E-state index is -0.787. The third-order valence-corrected chi connectivity index (χ3v) is 11.1. The van der Waals surface area contributed by atoms with Crippen LogP contribution in [0.5, 0.6) is 0 Å². The maximum absolute atomic E-state index is 11.1. The van der Waals surface area contributed by atoms with Gasteiger partial charge in [-0.05, 0) is 109 Å². The first-order chi connectivity index (χ1) is 14.9. The predicted octanol–water partition coefficient (Wildman–Crippen LogP) is 8.35. The fourth-order valence-corrected chi connectivity index (χ4v) is 8.90. The summed E-state index contributed by atoms with van der Waals surface area (Å²) in [6.45, 7) is 16.9. The molecule has 2 fully saturated rings. The minimum absolute atomic E-state index is 0.276. The van der Waals surface area contributed by atoms with Crippen molar-refractivity contribution in [3.8, 4) is 0 Å². The van der Waals surface area contributed by atoms with Crippen molar-refractivity contribution in [3.05, 3.63) is 34.9 Å². The van der Waals surface area contributed by atoms with Gasteiger partial charge in [0.2, 0.25) is 0 Å². The fraction of sp³-hybridized carbons (Fsp3) is 0.767. The first kappa shape index (κ1) is 23.8. The highest BCUT2D eigenvalue weighted by molar-refractivity contribution is 5.85. The zero-order chi connectivity index (χ0) is 23.5. The molecule has 2 heteroatoms. The van der Waals surface area contributed by atoms with Gasteiger partial charge in [-0.2, -0.15) is 0 Å². The van der Waals surface area contributed by atoms with E-state index < -0.39 is 5.97 Å². The zero-order valence-electron chi connectivity index (χ0n) is 21.7. The van der Waals surface area contributed by atoms with E-state index >= 15 is 0 Å². The van der Waals surface area contributed by atoms with Crippen molar-refractivity contribution < 1.29 is 9.90 Å². The maximum Gasteiger partial charge on any atom is 0.330 e. The van der Waals surface area contributed by atoms with Gasteiger partial charge >= 0.3 is 5.97 Å². The summed E-state index contributed by atoms with van der Waals surface area (Å²) in [5.74, 6) is 1.31. The van der Waals surface area contributed by atoms with Gasteiger partial charge in [-0.15, -0.1) is 0 Å². The highest BCUT2D eigenvalue weighted by Crippen LogP contribution is 2.71. The molecule has 0 bridgehead atoms. The lowest BCUT2D eigenvalue weighted by Crippen LogP contribution is -2.50. The van der Waals surface area contributed by atoms with E-state index in [1.165, 1.54) is 44.9 Å². The number of carboxylic acid groups (broad SMARTS) is 1.